The van der Waals surface area contributed by atoms with Crippen LogP contribution >= 0.6 is 0 Å². The molecule has 3 unspecified atom stereocenters. The Morgan fingerprint density at radius 1 is 1.13 bits per heavy atom. The van der Waals surface area contributed by atoms with E-state index in [2.05, 4.69) is 25.6 Å². The summed E-state index contributed by atoms with van der Waals surface area (Å²) in [7, 11) is 0. The molecule has 0 aromatic heterocycles. The highest BCUT2D eigenvalue weighted by molar-refractivity contribution is 6.10. The zero-order valence-corrected chi connectivity index (χ0v) is 18.2. The van der Waals surface area contributed by atoms with Crippen molar-refractivity contribution < 1.29 is 9.53 Å². The molecule has 0 spiro atoms. The average Bonchev–Trinajstić information content (AvgIpc) is 3.11. The molecule has 2 aromatic rings. The van der Waals surface area contributed by atoms with Crippen LogP contribution in [0.1, 0.15) is 61.5 Å². The highest BCUT2D eigenvalue weighted by Gasteiger charge is 2.34. The molecule has 4 nitrogen and oxygen atoms in total. The summed E-state index contributed by atoms with van der Waals surface area (Å²) >= 11 is 0. The highest BCUT2D eigenvalue weighted by atomic mass is 16.5. The summed E-state index contributed by atoms with van der Waals surface area (Å²) in [4.78, 5) is 16.8. The average molecular weight is 411 g/mol. The van der Waals surface area contributed by atoms with Gasteiger partial charge in [0.05, 0.1) is 18.2 Å². The molecule has 1 saturated carbocycles. The van der Waals surface area contributed by atoms with E-state index in [4.69, 9.17) is 11.3 Å². The number of hydrogen-bond donors (Lipinski definition) is 0. The second kappa shape index (κ2) is 8.40. The van der Waals surface area contributed by atoms with Crippen molar-refractivity contribution in [1.29, 1.82) is 5.26 Å². The lowest BCUT2D eigenvalue weighted by Gasteiger charge is -2.35. The third-order valence-corrected chi connectivity index (χ3v) is 6.84. The summed E-state index contributed by atoms with van der Waals surface area (Å²) in [6.07, 6.45) is 3.06. The van der Waals surface area contributed by atoms with Gasteiger partial charge in [0.25, 0.3) is 5.70 Å². The maximum absolute atomic E-state index is 13.4. The Bertz CT molecular complexity index is 1130. The van der Waals surface area contributed by atoms with Crippen molar-refractivity contribution in [2.75, 3.05) is 0 Å². The van der Waals surface area contributed by atoms with Gasteiger partial charge >= 0.3 is 5.97 Å². The molecule has 0 amide bonds. The quantitative estimate of drug-likeness (QED) is 0.282. The van der Waals surface area contributed by atoms with Crippen molar-refractivity contribution >= 4 is 11.5 Å². The van der Waals surface area contributed by atoms with Gasteiger partial charge in [0.15, 0.2) is 0 Å². The Hall–Kier alpha value is -3.37. The molecular weight excluding hydrogens is 384 g/mol. The topological polar surface area (TPSA) is 54.5 Å². The molecule has 0 radical (unpaired) electrons. The van der Waals surface area contributed by atoms with Gasteiger partial charge < -0.3 is 4.74 Å². The van der Waals surface area contributed by atoms with E-state index in [1.807, 2.05) is 42.5 Å². The molecule has 2 aliphatic rings. The fourth-order valence-corrected chi connectivity index (χ4v) is 4.96. The van der Waals surface area contributed by atoms with Gasteiger partial charge in [0, 0.05) is 11.1 Å². The number of rotatable bonds is 3. The summed E-state index contributed by atoms with van der Waals surface area (Å²) in [5.41, 5.74) is 4.34. The Morgan fingerprint density at radius 3 is 2.52 bits per heavy atom. The second-order valence-corrected chi connectivity index (χ2v) is 8.96. The van der Waals surface area contributed by atoms with Crippen LogP contribution in [0.4, 0.5) is 0 Å². The minimum atomic E-state index is -0.324. The molecule has 4 heteroatoms. The van der Waals surface area contributed by atoms with Crippen LogP contribution < -0.4 is 0 Å². The van der Waals surface area contributed by atoms with Gasteiger partial charge in [-0.2, -0.15) is 0 Å². The van der Waals surface area contributed by atoms with Gasteiger partial charge in [-0.3, -0.25) is 0 Å². The van der Waals surface area contributed by atoms with E-state index >= 15 is 0 Å². The Labute approximate surface area is 184 Å². The molecule has 0 bridgehead atoms. The minimum absolute atomic E-state index is 0.0393. The van der Waals surface area contributed by atoms with E-state index in [9.17, 15) is 10.1 Å². The third-order valence-electron chi connectivity index (χ3n) is 6.84. The number of allylic oxidation sites excluding steroid dienone is 1. The SMILES string of the molecule is [C-]#[N+]/C(C#N)=C1\c2ccccc2-c2c(C(=O)OC3CC(C(C)C)CCC3C)cccc21. The zero-order valence-electron chi connectivity index (χ0n) is 18.2. The lowest BCUT2D eigenvalue weighted by atomic mass is 9.76. The molecule has 2 aliphatic carbocycles. The Morgan fingerprint density at radius 2 is 1.84 bits per heavy atom. The van der Waals surface area contributed by atoms with Crippen LogP contribution in [0.5, 0.6) is 0 Å². The third kappa shape index (κ3) is 3.64. The second-order valence-electron chi connectivity index (χ2n) is 8.96. The van der Waals surface area contributed by atoms with Crippen LogP contribution in [0, 0.1) is 35.7 Å². The molecule has 4 rings (SSSR count). The molecule has 156 valence electrons. The lowest BCUT2D eigenvalue weighted by molar-refractivity contribution is -0.00943. The number of benzene rings is 2. The molecule has 2 aromatic carbocycles. The van der Waals surface area contributed by atoms with Crippen molar-refractivity contribution in [3.63, 3.8) is 0 Å². The van der Waals surface area contributed by atoms with E-state index in [0.29, 0.717) is 28.9 Å². The highest BCUT2D eigenvalue weighted by Crippen LogP contribution is 2.47. The first-order valence-corrected chi connectivity index (χ1v) is 10.9. The number of hydrogen-bond acceptors (Lipinski definition) is 3. The van der Waals surface area contributed by atoms with Crippen LogP contribution in [-0.2, 0) is 4.74 Å². The monoisotopic (exact) mass is 410 g/mol. The normalized spacial score (nSPS) is 23.4. The van der Waals surface area contributed by atoms with Crippen molar-refractivity contribution in [2.24, 2.45) is 17.8 Å². The molecule has 3 atom stereocenters. The fraction of sp³-hybridized carbons (Fsp3) is 0.370. The molecule has 31 heavy (non-hydrogen) atoms. The maximum atomic E-state index is 13.4. The van der Waals surface area contributed by atoms with Crippen LogP contribution in [0.15, 0.2) is 48.2 Å². The first-order chi connectivity index (χ1) is 15.0. The van der Waals surface area contributed by atoms with E-state index in [-0.39, 0.29) is 17.8 Å². The summed E-state index contributed by atoms with van der Waals surface area (Å²) in [6.45, 7) is 14.1. The van der Waals surface area contributed by atoms with E-state index in [1.54, 1.807) is 6.07 Å². The number of carbonyl (C=O) groups is 1. The van der Waals surface area contributed by atoms with Crippen molar-refractivity contribution in [3.05, 3.63) is 76.3 Å². The van der Waals surface area contributed by atoms with Gasteiger partial charge in [0.1, 0.15) is 6.10 Å². The largest absolute Gasteiger partial charge is 0.458 e. The van der Waals surface area contributed by atoms with Crippen molar-refractivity contribution in [2.45, 2.75) is 46.1 Å². The van der Waals surface area contributed by atoms with Gasteiger partial charge in [-0.25, -0.2) is 14.9 Å². The molecule has 0 heterocycles. The Kier molecular flexibility index (Phi) is 5.66. The summed E-state index contributed by atoms with van der Waals surface area (Å²) in [6, 6.07) is 15.1. The van der Waals surface area contributed by atoms with Crippen LogP contribution in [0.2, 0.25) is 0 Å². The number of nitriles is 1. The first kappa shape index (κ1) is 20.9. The lowest BCUT2D eigenvalue weighted by Crippen LogP contribution is -2.34. The molecule has 0 N–H and O–H groups in total. The summed E-state index contributed by atoms with van der Waals surface area (Å²) in [5.74, 6) is 1.16. The van der Waals surface area contributed by atoms with Crippen LogP contribution in [0.25, 0.3) is 21.5 Å². The first-order valence-electron chi connectivity index (χ1n) is 10.9. The number of nitrogens with zero attached hydrogens (tertiary/aromatic N) is 2. The predicted molar refractivity (Wildman–Crippen MR) is 121 cm³/mol. The molecule has 0 saturated heterocycles. The number of fused-ring (bicyclic) bond motifs is 3. The maximum Gasteiger partial charge on any atom is 0.339 e. The minimum Gasteiger partial charge on any atom is -0.458 e. The molecular formula is C27H26N2O2. The van der Waals surface area contributed by atoms with E-state index in [0.717, 1.165) is 35.1 Å². The Balaban J connectivity index is 1.75. The van der Waals surface area contributed by atoms with Crippen LogP contribution in [0.3, 0.4) is 0 Å². The smallest absolute Gasteiger partial charge is 0.339 e. The number of ether oxygens (including phenoxy) is 1. The van der Waals surface area contributed by atoms with Crippen molar-refractivity contribution in [3.8, 4) is 17.2 Å². The molecule has 1 fully saturated rings. The van der Waals surface area contributed by atoms with Gasteiger partial charge in [-0.15, -0.1) is 0 Å². The van der Waals surface area contributed by atoms with Gasteiger partial charge in [-0.1, -0.05) is 57.2 Å². The van der Waals surface area contributed by atoms with E-state index < -0.39 is 0 Å². The molecule has 0 aliphatic heterocycles. The summed E-state index contributed by atoms with van der Waals surface area (Å²) in [5, 5.41) is 9.52. The standard InChI is InChI=1S/C27H26N2O2/c1-16(2)18-13-12-17(3)24(14-18)31-27(30)22-11-7-10-21-25(22)19-8-5-6-9-20(19)26(21)23(15-28)29-4/h5-11,16-18,24H,12-14H2,1-3H3/b26-23+. The van der Waals surface area contributed by atoms with E-state index in [1.165, 1.54) is 6.42 Å². The van der Waals surface area contributed by atoms with Crippen molar-refractivity contribution in [1.82, 2.24) is 0 Å². The number of esters is 1. The summed E-state index contributed by atoms with van der Waals surface area (Å²) < 4.78 is 6.08. The number of carbonyl (C=O) groups excluding carboxylic acids is 1. The fourth-order valence-electron chi connectivity index (χ4n) is 4.96. The zero-order chi connectivity index (χ0) is 22.1. The van der Waals surface area contributed by atoms with Gasteiger partial charge in [-0.05, 0) is 59.8 Å². The predicted octanol–water partition coefficient (Wildman–Crippen LogP) is 6.49. The van der Waals surface area contributed by atoms with Crippen LogP contribution in [-0.4, -0.2) is 12.1 Å². The van der Waals surface area contributed by atoms with Gasteiger partial charge in [0.2, 0.25) is 0 Å².